The van der Waals surface area contributed by atoms with Crippen molar-refractivity contribution in [1.82, 2.24) is 0 Å². The van der Waals surface area contributed by atoms with Gasteiger partial charge in [-0.05, 0) is 18.3 Å². The van der Waals surface area contributed by atoms with Crippen LogP contribution in [-0.2, 0) is 9.53 Å². The minimum atomic E-state index is -0.0836. The molecule has 14 heavy (non-hydrogen) atoms. The number of hydrogen-bond acceptors (Lipinski definition) is 2. The summed E-state index contributed by atoms with van der Waals surface area (Å²) in [5, 5.41) is 0. The van der Waals surface area contributed by atoms with Crippen LogP contribution in [0.25, 0.3) is 0 Å². The summed E-state index contributed by atoms with van der Waals surface area (Å²) < 4.78 is 5.04. The van der Waals surface area contributed by atoms with E-state index >= 15 is 0 Å². The number of esters is 1. The summed E-state index contributed by atoms with van der Waals surface area (Å²) in [6.07, 6.45) is 5.02. The molecule has 0 saturated carbocycles. The number of rotatable bonds is 7. The first kappa shape index (κ1) is 13.5. The Kier molecular flexibility index (Phi) is 6.60. The van der Waals surface area contributed by atoms with Crippen LogP contribution in [0.2, 0.25) is 0 Å². The van der Waals surface area contributed by atoms with Crippen LogP contribution in [0, 0.1) is 5.41 Å². The fourth-order valence-corrected chi connectivity index (χ4v) is 1.39. The van der Waals surface area contributed by atoms with Gasteiger partial charge in [0.2, 0.25) is 0 Å². The van der Waals surface area contributed by atoms with Gasteiger partial charge in [-0.25, -0.2) is 0 Å². The summed E-state index contributed by atoms with van der Waals surface area (Å²) in [5.74, 6) is -0.0836. The Morgan fingerprint density at radius 2 is 1.79 bits per heavy atom. The van der Waals surface area contributed by atoms with Gasteiger partial charge in [-0.1, -0.05) is 40.5 Å². The van der Waals surface area contributed by atoms with E-state index in [2.05, 4.69) is 20.8 Å². The molecule has 2 nitrogen and oxygen atoms in total. The van der Waals surface area contributed by atoms with Gasteiger partial charge in [0.25, 0.3) is 0 Å². The molecule has 0 fully saturated rings. The summed E-state index contributed by atoms with van der Waals surface area (Å²) in [4.78, 5) is 10.9. The lowest BCUT2D eigenvalue weighted by molar-refractivity contribution is -0.143. The molecule has 0 radical (unpaired) electrons. The molecule has 2 heteroatoms. The van der Waals surface area contributed by atoms with E-state index in [1.165, 1.54) is 12.8 Å². The van der Waals surface area contributed by atoms with Crippen LogP contribution < -0.4 is 0 Å². The number of ether oxygens (including phenoxy) is 1. The third-order valence-electron chi connectivity index (χ3n) is 3.18. The molecular formula is C12H24O2. The predicted octanol–water partition coefficient (Wildman–Crippen LogP) is 3.55. The fraction of sp³-hybridized carbons (Fsp3) is 0.917. The summed E-state index contributed by atoms with van der Waals surface area (Å²) in [7, 11) is 0. The Labute approximate surface area is 88.0 Å². The molecule has 0 aromatic rings. The zero-order valence-electron chi connectivity index (χ0n) is 10.1. The van der Waals surface area contributed by atoms with Gasteiger partial charge in [-0.15, -0.1) is 0 Å². The Morgan fingerprint density at radius 1 is 1.21 bits per heavy atom. The Hall–Kier alpha value is -0.530. The molecule has 84 valence electrons. The molecule has 0 atom stereocenters. The highest BCUT2D eigenvalue weighted by atomic mass is 16.5. The lowest BCUT2D eigenvalue weighted by Crippen LogP contribution is -2.15. The highest BCUT2D eigenvalue weighted by Crippen LogP contribution is 2.30. The van der Waals surface area contributed by atoms with Crippen molar-refractivity contribution < 1.29 is 9.53 Å². The van der Waals surface area contributed by atoms with E-state index in [1.807, 2.05) is 6.92 Å². The Bertz CT molecular complexity index is 160. The van der Waals surface area contributed by atoms with E-state index in [0.29, 0.717) is 18.4 Å². The van der Waals surface area contributed by atoms with E-state index in [9.17, 15) is 4.79 Å². The molecule has 0 spiro atoms. The number of carbonyl (C=O) groups excluding carboxylic acids is 1. The smallest absolute Gasteiger partial charge is 0.305 e. The largest absolute Gasteiger partial charge is 0.466 e. The summed E-state index contributed by atoms with van der Waals surface area (Å²) >= 11 is 0. The molecular weight excluding hydrogens is 176 g/mol. The Balaban J connectivity index is 3.57. The summed E-state index contributed by atoms with van der Waals surface area (Å²) in [5.41, 5.74) is 0.429. The van der Waals surface area contributed by atoms with E-state index in [-0.39, 0.29) is 5.97 Å². The quantitative estimate of drug-likeness (QED) is 0.464. The zero-order chi connectivity index (χ0) is 11.0. The van der Waals surface area contributed by atoms with Crippen molar-refractivity contribution in [3.8, 4) is 0 Å². The van der Waals surface area contributed by atoms with Gasteiger partial charge in [0, 0.05) is 6.42 Å². The molecule has 0 amide bonds. The van der Waals surface area contributed by atoms with Gasteiger partial charge in [0.15, 0.2) is 0 Å². The van der Waals surface area contributed by atoms with Crippen LogP contribution >= 0.6 is 0 Å². The molecule has 0 aromatic heterocycles. The first-order chi connectivity index (χ1) is 6.58. The molecule has 0 aromatic carbocycles. The van der Waals surface area contributed by atoms with Crippen molar-refractivity contribution in [3.05, 3.63) is 0 Å². The van der Waals surface area contributed by atoms with Gasteiger partial charge in [-0.3, -0.25) is 4.79 Å². The van der Waals surface area contributed by atoms with Crippen molar-refractivity contribution in [2.24, 2.45) is 5.41 Å². The first-order valence-electron chi connectivity index (χ1n) is 5.73. The maximum absolute atomic E-state index is 10.9. The third kappa shape index (κ3) is 5.25. The summed E-state index contributed by atoms with van der Waals surface area (Å²) in [6.45, 7) is 9.16. The standard InChI is InChI=1S/C12H24O2/c1-5-11(13)14-10-8-9-12(4,6-2)7-3/h5-10H2,1-4H3. The van der Waals surface area contributed by atoms with Gasteiger partial charge in [0.05, 0.1) is 6.61 Å². The van der Waals surface area contributed by atoms with Crippen molar-refractivity contribution in [1.29, 1.82) is 0 Å². The van der Waals surface area contributed by atoms with Crippen molar-refractivity contribution >= 4 is 5.97 Å². The maximum Gasteiger partial charge on any atom is 0.305 e. The minimum Gasteiger partial charge on any atom is -0.466 e. The molecule has 0 rings (SSSR count). The van der Waals surface area contributed by atoms with E-state index < -0.39 is 0 Å². The third-order valence-corrected chi connectivity index (χ3v) is 3.18. The number of carbonyl (C=O) groups is 1. The van der Waals surface area contributed by atoms with Gasteiger partial charge >= 0.3 is 5.97 Å². The van der Waals surface area contributed by atoms with Crippen LogP contribution in [0.5, 0.6) is 0 Å². The molecule has 0 unspecified atom stereocenters. The fourth-order valence-electron chi connectivity index (χ4n) is 1.39. The second-order valence-electron chi connectivity index (χ2n) is 4.20. The van der Waals surface area contributed by atoms with Crippen LogP contribution in [-0.4, -0.2) is 12.6 Å². The van der Waals surface area contributed by atoms with Crippen LogP contribution in [0.4, 0.5) is 0 Å². The van der Waals surface area contributed by atoms with Gasteiger partial charge in [-0.2, -0.15) is 0 Å². The molecule has 0 aliphatic carbocycles. The van der Waals surface area contributed by atoms with Crippen LogP contribution in [0.15, 0.2) is 0 Å². The predicted molar refractivity (Wildman–Crippen MR) is 59.2 cm³/mol. The maximum atomic E-state index is 10.9. The molecule has 0 aliphatic heterocycles. The second-order valence-corrected chi connectivity index (χ2v) is 4.20. The monoisotopic (exact) mass is 200 g/mol. The number of hydrogen-bond donors (Lipinski definition) is 0. The van der Waals surface area contributed by atoms with E-state index in [1.54, 1.807) is 0 Å². The average Bonchev–Trinajstić information content (AvgIpc) is 2.23. The normalized spacial score (nSPS) is 11.4. The van der Waals surface area contributed by atoms with Crippen LogP contribution in [0.1, 0.15) is 59.8 Å². The van der Waals surface area contributed by atoms with Crippen LogP contribution in [0.3, 0.4) is 0 Å². The zero-order valence-corrected chi connectivity index (χ0v) is 10.1. The molecule has 0 saturated heterocycles. The topological polar surface area (TPSA) is 26.3 Å². The molecule has 0 aliphatic rings. The first-order valence-corrected chi connectivity index (χ1v) is 5.73. The SMILES string of the molecule is CCC(=O)OCCCC(C)(CC)CC. The lowest BCUT2D eigenvalue weighted by Gasteiger charge is -2.26. The molecule has 0 N–H and O–H groups in total. The average molecular weight is 200 g/mol. The van der Waals surface area contributed by atoms with Crippen molar-refractivity contribution in [2.45, 2.75) is 59.8 Å². The summed E-state index contributed by atoms with van der Waals surface area (Å²) in [6, 6.07) is 0. The highest BCUT2D eigenvalue weighted by molar-refractivity contribution is 5.68. The second kappa shape index (κ2) is 6.86. The van der Waals surface area contributed by atoms with Crippen molar-refractivity contribution in [2.75, 3.05) is 6.61 Å². The lowest BCUT2D eigenvalue weighted by atomic mass is 9.80. The van der Waals surface area contributed by atoms with Gasteiger partial charge < -0.3 is 4.74 Å². The molecule has 0 bridgehead atoms. The minimum absolute atomic E-state index is 0.0836. The van der Waals surface area contributed by atoms with Gasteiger partial charge in [0.1, 0.15) is 0 Å². The van der Waals surface area contributed by atoms with Crippen molar-refractivity contribution in [3.63, 3.8) is 0 Å². The van der Waals surface area contributed by atoms with E-state index in [0.717, 1.165) is 12.8 Å². The Morgan fingerprint density at radius 3 is 2.21 bits per heavy atom. The molecule has 0 heterocycles. The van der Waals surface area contributed by atoms with E-state index in [4.69, 9.17) is 4.74 Å². The highest BCUT2D eigenvalue weighted by Gasteiger charge is 2.18.